The number of phenols is 1. The van der Waals surface area contributed by atoms with Crippen molar-refractivity contribution in [1.29, 1.82) is 0 Å². The predicted octanol–water partition coefficient (Wildman–Crippen LogP) is 3.87. The Labute approximate surface area is 132 Å². The van der Waals surface area contributed by atoms with E-state index in [-0.39, 0.29) is 11.6 Å². The molecule has 0 aliphatic carbocycles. The summed E-state index contributed by atoms with van der Waals surface area (Å²) >= 11 is 0. The number of halogens is 1. The van der Waals surface area contributed by atoms with E-state index >= 15 is 0 Å². The molecule has 0 unspecified atom stereocenters. The summed E-state index contributed by atoms with van der Waals surface area (Å²) in [5, 5.41) is 13.6. The number of fused-ring (bicyclic) bond motifs is 1. The summed E-state index contributed by atoms with van der Waals surface area (Å²) in [6.07, 6.45) is 0. The van der Waals surface area contributed by atoms with Crippen molar-refractivity contribution in [1.82, 2.24) is 0 Å². The number of anilines is 1. The summed E-state index contributed by atoms with van der Waals surface area (Å²) in [5.74, 6) is -0.247. The third-order valence-corrected chi connectivity index (χ3v) is 3.89. The average molecular weight is 313 g/mol. The zero-order chi connectivity index (χ0) is 16.6. The summed E-state index contributed by atoms with van der Waals surface area (Å²) in [7, 11) is 0. The first-order valence-electron chi connectivity index (χ1n) is 7.21. The van der Waals surface area contributed by atoms with E-state index in [0.717, 1.165) is 16.5 Å². The maximum absolute atomic E-state index is 13.4. The molecule has 0 saturated carbocycles. The van der Waals surface area contributed by atoms with Crippen LogP contribution in [0, 0.1) is 19.7 Å². The van der Waals surface area contributed by atoms with Gasteiger partial charge in [0.2, 0.25) is 0 Å². The maximum Gasteiger partial charge on any atom is 0.336 e. The molecule has 118 valence electrons. The van der Waals surface area contributed by atoms with Gasteiger partial charge in [-0.05, 0) is 49.2 Å². The van der Waals surface area contributed by atoms with E-state index < -0.39 is 5.63 Å². The van der Waals surface area contributed by atoms with Crippen LogP contribution in [0.2, 0.25) is 0 Å². The molecule has 1 aromatic heterocycles. The Morgan fingerprint density at radius 1 is 1.17 bits per heavy atom. The Hall–Kier alpha value is -2.82. The van der Waals surface area contributed by atoms with E-state index in [1.807, 2.05) is 6.92 Å². The number of nitrogens with one attached hydrogen (secondary N) is 1. The van der Waals surface area contributed by atoms with Crippen molar-refractivity contribution in [3.8, 4) is 5.75 Å². The van der Waals surface area contributed by atoms with Crippen LogP contribution in [0.5, 0.6) is 5.75 Å². The molecule has 0 fully saturated rings. The third kappa shape index (κ3) is 2.90. The lowest BCUT2D eigenvalue weighted by atomic mass is 10.1. The van der Waals surface area contributed by atoms with Gasteiger partial charge in [0.1, 0.15) is 17.1 Å². The first kappa shape index (κ1) is 15.1. The lowest BCUT2D eigenvalue weighted by Gasteiger charge is -2.12. The molecular weight excluding hydrogens is 297 g/mol. The molecule has 0 spiro atoms. The Morgan fingerprint density at radius 2 is 1.96 bits per heavy atom. The van der Waals surface area contributed by atoms with Crippen LogP contribution in [0.4, 0.5) is 10.1 Å². The lowest BCUT2D eigenvalue weighted by Crippen LogP contribution is -2.07. The summed E-state index contributed by atoms with van der Waals surface area (Å²) in [4.78, 5) is 11.8. The van der Waals surface area contributed by atoms with Gasteiger partial charge in [0, 0.05) is 29.2 Å². The number of rotatable bonds is 3. The molecular formula is C18H16FNO3. The quantitative estimate of drug-likeness (QED) is 0.721. The molecule has 0 saturated heterocycles. The summed E-state index contributed by atoms with van der Waals surface area (Å²) in [6, 6.07) is 9.18. The van der Waals surface area contributed by atoms with E-state index in [2.05, 4.69) is 5.32 Å². The van der Waals surface area contributed by atoms with Gasteiger partial charge in [0.05, 0.1) is 0 Å². The van der Waals surface area contributed by atoms with Crippen LogP contribution < -0.4 is 10.9 Å². The largest absolute Gasteiger partial charge is 0.508 e. The third-order valence-electron chi connectivity index (χ3n) is 3.89. The Bertz CT molecular complexity index is 947. The molecule has 5 heteroatoms. The van der Waals surface area contributed by atoms with Crippen LogP contribution in [-0.2, 0) is 6.54 Å². The second kappa shape index (κ2) is 5.76. The summed E-state index contributed by atoms with van der Waals surface area (Å²) in [6.45, 7) is 3.91. The molecule has 23 heavy (non-hydrogen) atoms. The maximum atomic E-state index is 13.4. The van der Waals surface area contributed by atoms with Crippen molar-refractivity contribution >= 4 is 16.7 Å². The van der Waals surface area contributed by atoms with Crippen LogP contribution in [0.15, 0.2) is 45.6 Å². The van der Waals surface area contributed by atoms with E-state index in [0.29, 0.717) is 23.4 Å². The van der Waals surface area contributed by atoms with E-state index in [9.17, 15) is 14.3 Å². The highest BCUT2D eigenvalue weighted by atomic mass is 19.1. The zero-order valence-corrected chi connectivity index (χ0v) is 12.8. The topological polar surface area (TPSA) is 62.5 Å². The molecule has 0 bridgehead atoms. The highest BCUT2D eigenvalue weighted by molar-refractivity contribution is 5.85. The van der Waals surface area contributed by atoms with Gasteiger partial charge in [-0.1, -0.05) is 6.07 Å². The number of benzene rings is 2. The highest BCUT2D eigenvalue weighted by Crippen LogP contribution is 2.28. The van der Waals surface area contributed by atoms with Gasteiger partial charge >= 0.3 is 5.63 Å². The van der Waals surface area contributed by atoms with Gasteiger partial charge in [0.15, 0.2) is 0 Å². The predicted molar refractivity (Wildman–Crippen MR) is 87.3 cm³/mol. The van der Waals surface area contributed by atoms with Crippen molar-refractivity contribution < 1.29 is 13.9 Å². The molecule has 2 aromatic carbocycles. The standard InChI is InChI=1S/C18H16FNO3/c1-10-3-4-13(19)8-15(10)20-9-12-7-17(22)23-18-11(2)16(21)6-5-14(12)18/h3-8,20-21H,9H2,1-2H3. The van der Waals surface area contributed by atoms with Crippen molar-refractivity contribution in [2.75, 3.05) is 5.32 Å². The smallest absolute Gasteiger partial charge is 0.336 e. The lowest BCUT2D eigenvalue weighted by molar-refractivity contribution is 0.468. The fraction of sp³-hybridized carbons (Fsp3) is 0.167. The highest BCUT2D eigenvalue weighted by Gasteiger charge is 2.11. The molecule has 3 rings (SSSR count). The molecule has 2 N–H and O–H groups in total. The molecule has 3 aromatic rings. The molecule has 0 aliphatic heterocycles. The molecule has 0 amide bonds. The fourth-order valence-corrected chi connectivity index (χ4v) is 2.54. The van der Waals surface area contributed by atoms with Crippen molar-refractivity contribution in [3.05, 3.63) is 69.3 Å². The molecule has 0 radical (unpaired) electrons. The van der Waals surface area contributed by atoms with Crippen LogP contribution >= 0.6 is 0 Å². The monoisotopic (exact) mass is 313 g/mol. The van der Waals surface area contributed by atoms with E-state index in [4.69, 9.17) is 4.42 Å². The minimum absolute atomic E-state index is 0.0757. The Kier molecular flexibility index (Phi) is 3.78. The Balaban J connectivity index is 2.02. The van der Waals surface area contributed by atoms with Gasteiger partial charge < -0.3 is 14.8 Å². The van der Waals surface area contributed by atoms with Crippen molar-refractivity contribution in [2.45, 2.75) is 20.4 Å². The Morgan fingerprint density at radius 3 is 2.74 bits per heavy atom. The normalized spacial score (nSPS) is 10.9. The molecule has 0 aliphatic rings. The summed E-state index contributed by atoms with van der Waals surface area (Å²) < 4.78 is 18.6. The van der Waals surface area contributed by atoms with Crippen LogP contribution in [-0.4, -0.2) is 5.11 Å². The van der Waals surface area contributed by atoms with Crippen molar-refractivity contribution in [3.63, 3.8) is 0 Å². The van der Waals surface area contributed by atoms with Gasteiger partial charge in [-0.25, -0.2) is 9.18 Å². The first-order chi connectivity index (χ1) is 11.0. The molecule has 1 heterocycles. The minimum atomic E-state index is -0.487. The minimum Gasteiger partial charge on any atom is -0.508 e. The van der Waals surface area contributed by atoms with Crippen LogP contribution in [0.25, 0.3) is 11.0 Å². The zero-order valence-electron chi connectivity index (χ0n) is 12.8. The van der Waals surface area contributed by atoms with Gasteiger partial charge in [-0.2, -0.15) is 0 Å². The van der Waals surface area contributed by atoms with Crippen LogP contribution in [0.1, 0.15) is 16.7 Å². The number of aromatic hydroxyl groups is 1. The molecule has 0 atom stereocenters. The number of hydrogen-bond donors (Lipinski definition) is 2. The van der Waals surface area contributed by atoms with E-state index in [1.165, 1.54) is 18.2 Å². The molecule has 4 nitrogen and oxygen atoms in total. The second-order valence-corrected chi connectivity index (χ2v) is 5.49. The fourth-order valence-electron chi connectivity index (χ4n) is 2.54. The summed E-state index contributed by atoms with van der Waals surface area (Å²) in [5.41, 5.74) is 2.70. The number of aryl methyl sites for hydroxylation is 2. The average Bonchev–Trinajstić information content (AvgIpc) is 2.52. The SMILES string of the molecule is Cc1ccc(F)cc1NCc1cc(=O)oc2c(C)c(O)ccc12. The van der Waals surface area contributed by atoms with E-state index in [1.54, 1.807) is 25.1 Å². The second-order valence-electron chi connectivity index (χ2n) is 5.49. The van der Waals surface area contributed by atoms with Gasteiger partial charge in [-0.15, -0.1) is 0 Å². The van der Waals surface area contributed by atoms with Crippen molar-refractivity contribution in [2.24, 2.45) is 0 Å². The van der Waals surface area contributed by atoms with Gasteiger partial charge in [0.25, 0.3) is 0 Å². The van der Waals surface area contributed by atoms with Crippen LogP contribution in [0.3, 0.4) is 0 Å². The van der Waals surface area contributed by atoms with Gasteiger partial charge in [-0.3, -0.25) is 0 Å². The first-order valence-corrected chi connectivity index (χ1v) is 7.21. The number of phenolic OH excluding ortho intramolecular Hbond substituents is 1. The number of hydrogen-bond acceptors (Lipinski definition) is 4.